The second-order valence-electron chi connectivity index (χ2n) is 20.7. The third-order valence-electron chi connectivity index (χ3n) is 17.2. The summed E-state index contributed by atoms with van der Waals surface area (Å²) in [6, 6.07) is 33.8. The highest BCUT2D eigenvalue weighted by molar-refractivity contribution is 6.90. The summed E-state index contributed by atoms with van der Waals surface area (Å²) >= 11 is 0. The zero-order valence-electron chi connectivity index (χ0n) is 33.2. The van der Waals surface area contributed by atoms with Gasteiger partial charge in [0, 0.05) is 33.1 Å². The van der Waals surface area contributed by atoms with Crippen molar-refractivity contribution in [2.45, 2.75) is 96.3 Å². The number of ether oxygens (including phenoxy) is 1. The molecule has 0 N–H and O–H groups in total. The van der Waals surface area contributed by atoms with Crippen LogP contribution in [0.3, 0.4) is 0 Å². The molecule has 16 rings (SSSR count). The lowest BCUT2D eigenvalue weighted by Crippen LogP contribution is -2.57. The fraction of sp³-hybridized carbons (Fsp3) is 0.423. The molecule has 3 aliphatic heterocycles. The number of fused-ring (bicyclic) bond motifs is 13. The summed E-state index contributed by atoms with van der Waals surface area (Å²) in [6.07, 6.45) is 14.3. The van der Waals surface area contributed by atoms with Gasteiger partial charge < -0.3 is 14.1 Å². The number of aromatic nitrogens is 1. The second-order valence-corrected chi connectivity index (χ2v) is 20.7. The minimum Gasteiger partial charge on any atom is -0.453 e. The Balaban J connectivity index is 1.07. The van der Waals surface area contributed by atoms with E-state index < -0.39 is 0 Å². The van der Waals surface area contributed by atoms with Crippen molar-refractivity contribution in [3.63, 3.8) is 0 Å². The van der Waals surface area contributed by atoms with Crippen molar-refractivity contribution in [2.24, 2.45) is 41.4 Å². The van der Waals surface area contributed by atoms with Gasteiger partial charge in [-0.15, -0.1) is 0 Å². The van der Waals surface area contributed by atoms with E-state index in [1.807, 2.05) is 0 Å². The maximum atomic E-state index is 6.74. The van der Waals surface area contributed by atoms with Gasteiger partial charge in [0.25, 0.3) is 0 Å². The van der Waals surface area contributed by atoms with Crippen molar-refractivity contribution >= 4 is 56.6 Å². The van der Waals surface area contributed by atoms with Crippen LogP contribution >= 0.6 is 0 Å². The Labute approximate surface area is 331 Å². The molecule has 56 heavy (non-hydrogen) atoms. The third-order valence-corrected chi connectivity index (χ3v) is 17.2. The lowest BCUT2D eigenvalue weighted by atomic mass is 9.45. The fourth-order valence-electron chi connectivity index (χ4n) is 15.7. The molecule has 0 saturated heterocycles. The van der Waals surface area contributed by atoms with Gasteiger partial charge in [-0.25, -0.2) is 0 Å². The van der Waals surface area contributed by atoms with Crippen LogP contribution in [0.2, 0.25) is 0 Å². The minimum absolute atomic E-state index is 0.0687. The van der Waals surface area contributed by atoms with Crippen LogP contribution in [0.1, 0.15) is 101 Å². The van der Waals surface area contributed by atoms with Crippen LogP contribution in [0.25, 0.3) is 32.9 Å². The molecule has 3 nitrogen and oxygen atoms in total. The molecule has 4 heterocycles. The van der Waals surface area contributed by atoms with Gasteiger partial charge in [-0.1, -0.05) is 50.2 Å². The number of benzene rings is 5. The maximum Gasteiger partial charge on any atom is 0.333 e. The quantitative estimate of drug-likeness (QED) is 0.165. The maximum absolute atomic E-state index is 6.74. The van der Waals surface area contributed by atoms with E-state index >= 15 is 0 Å². The summed E-state index contributed by atoms with van der Waals surface area (Å²) in [5.74, 6) is 8.57. The topological polar surface area (TPSA) is 17.4 Å². The molecule has 6 bridgehead atoms. The predicted molar refractivity (Wildman–Crippen MR) is 231 cm³/mol. The smallest absolute Gasteiger partial charge is 0.333 e. The highest BCUT2D eigenvalue weighted by Gasteiger charge is 2.52. The largest absolute Gasteiger partial charge is 0.453 e. The Bertz CT molecular complexity index is 2680. The predicted octanol–water partition coefficient (Wildman–Crippen LogP) is 12.3. The molecule has 4 unspecified atom stereocenters. The summed E-state index contributed by atoms with van der Waals surface area (Å²) in [5.41, 5.74) is 17.2. The van der Waals surface area contributed by atoms with Crippen molar-refractivity contribution in [1.82, 2.24) is 4.48 Å². The molecular formula is C52H51BN2O. The summed E-state index contributed by atoms with van der Waals surface area (Å²) < 4.78 is 9.53. The lowest BCUT2D eigenvalue weighted by molar-refractivity contribution is -0.00512. The Kier molecular flexibility index (Phi) is 6.06. The van der Waals surface area contributed by atoms with Gasteiger partial charge in [-0.2, -0.15) is 0 Å². The molecule has 7 saturated carbocycles. The molecule has 7 aliphatic carbocycles. The average molecular weight is 731 g/mol. The Morgan fingerprint density at radius 2 is 1.48 bits per heavy atom. The van der Waals surface area contributed by atoms with E-state index in [1.165, 1.54) is 125 Å². The summed E-state index contributed by atoms with van der Waals surface area (Å²) in [6.45, 7) is 7.51. The molecule has 5 atom stereocenters. The highest BCUT2D eigenvalue weighted by Crippen LogP contribution is 2.62. The summed E-state index contributed by atoms with van der Waals surface area (Å²) in [7, 11) is 0. The van der Waals surface area contributed by atoms with Crippen molar-refractivity contribution < 1.29 is 4.74 Å². The van der Waals surface area contributed by atoms with Crippen LogP contribution in [0.4, 0.5) is 17.1 Å². The Hall–Kier alpha value is -4.44. The van der Waals surface area contributed by atoms with Crippen LogP contribution in [0.5, 0.6) is 11.5 Å². The van der Waals surface area contributed by atoms with Crippen LogP contribution in [-0.4, -0.2) is 11.3 Å². The second kappa shape index (κ2) is 10.7. The molecule has 0 amide bonds. The van der Waals surface area contributed by atoms with Crippen molar-refractivity contribution in [1.29, 1.82) is 0 Å². The fourth-order valence-corrected chi connectivity index (χ4v) is 15.7. The first-order valence-corrected chi connectivity index (χ1v) is 22.3. The zero-order chi connectivity index (χ0) is 36.8. The zero-order valence-corrected chi connectivity index (χ0v) is 33.2. The van der Waals surface area contributed by atoms with Crippen molar-refractivity contribution in [2.75, 3.05) is 4.90 Å². The van der Waals surface area contributed by atoms with Crippen LogP contribution < -0.4 is 20.6 Å². The van der Waals surface area contributed by atoms with E-state index in [1.54, 1.807) is 11.1 Å². The van der Waals surface area contributed by atoms with Crippen LogP contribution in [0, 0.1) is 48.3 Å². The van der Waals surface area contributed by atoms with Crippen LogP contribution in [0.15, 0.2) is 84.9 Å². The first kappa shape index (κ1) is 31.6. The van der Waals surface area contributed by atoms with Crippen molar-refractivity contribution in [3.8, 4) is 22.6 Å². The van der Waals surface area contributed by atoms with E-state index in [0.717, 1.165) is 58.6 Å². The normalized spacial score (nSPS) is 32.3. The number of hydrogen-bond acceptors (Lipinski definition) is 2. The number of para-hydroxylation sites is 3. The number of nitrogens with zero attached hydrogens (tertiary/aromatic N) is 2. The number of aryl methyl sites for hydroxylation is 1. The number of rotatable bonds is 2. The highest BCUT2D eigenvalue weighted by atomic mass is 16.5. The minimum atomic E-state index is 0.0687. The summed E-state index contributed by atoms with van der Waals surface area (Å²) in [5, 5.41) is 3.00. The molecule has 4 heteroatoms. The molecule has 278 valence electrons. The molecular weight excluding hydrogens is 679 g/mol. The van der Waals surface area contributed by atoms with E-state index in [9.17, 15) is 0 Å². The van der Waals surface area contributed by atoms with E-state index in [-0.39, 0.29) is 6.85 Å². The molecule has 0 radical (unpaired) electrons. The van der Waals surface area contributed by atoms with Gasteiger partial charge in [0.15, 0.2) is 11.5 Å². The van der Waals surface area contributed by atoms with Gasteiger partial charge in [-0.05, 0) is 206 Å². The van der Waals surface area contributed by atoms with Gasteiger partial charge in [0.1, 0.15) is 0 Å². The molecule has 5 aromatic carbocycles. The number of hydrogen-bond donors (Lipinski definition) is 0. The molecule has 6 aromatic rings. The van der Waals surface area contributed by atoms with E-state index in [0.29, 0.717) is 11.3 Å². The van der Waals surface area contributed by atoms with Gasteiger partial charge in [0.2, 0.25) is 0 Å². The third kappa shape index (κ3) is 4.02. The molecule has 1 aromatic heterocycles. The SMILES string of the molecule is Cc1cc2c3c(c1)N1c4ccccc4Oc4cccc(c41)B3n1c3ccc(C45CC6CC(CC(C6)C4)C5)cc3c3cc(C4CC5CC(C)C[C@@H]4C(C)C5)cc-2c31. The number of anilines is 3. The Morgan fingerprint density at radius 1 is 0.679 bits per heavy atom. The molecule has 10 aliphatic rings. The standard InChI is InChI=1S/C52H51BN2O/c1-28-13-31-17-30(3)37(14-28)38(21-31)35-22-41-39-24-36(52-25-32-18-33(26-52)20-34(19-32)27-52)11-12-44(39)55-50(41)42(23-35)40-15-29(2)16-46-49(40)53(55)43-7-6-10-48-51(43)54(46)45-8-4-5-9-47(45)56-48/h4-12,15-16,22-24,28,30-34,37-38H,13-14,17-21,25-27H2,1-3H3/t28?,30?,31?,32?,33?,34?,37-,38?,52?/m1/s1. The van der Waals surface area contributed by atoms with Crippen LogP contribution in [-0.2, 0) is 5.41 Å². The van der Waals surface area contributed by atoms with E-state index in [4.69, 9.17) is 4.74 Å². The lowest BCUT2D eigenvalue weighted by Gasteiger charge is -2.57. The Morgan fingerprint density at radius 3 is 2.32 bits per heavy atom. The first-order valence-electron chi connectivity index (χ1n) is 22.3. The van der Waals surface area contributed by atoms with Gasteiger partial charge in [0.05, 0.1) is 11.4 Å². The molecule has 7 fully saturated rings. The average Bonchev–Trinajstić information content (AvgIpc) is 3.31. The van der Waals surface area contributed by atoms with Gasteiger partial charge >= 0.3 is 6.85 Å². The first-order chi connectivity index (χ1) is 27.4. The van der Waals surface area contributed by atoms with E-state index in [2.05, 4.69) is 115 Å². The van der Waals surface area contributed by atoms with Crippen molar-refractivity contribution in [3.05, 3.63) is 102 Å². The van der Waals surface area contributed by atoms with Gasteiger partial charge in [-0.3, -0.25) is 0 Å². The monoisotopic (exact) mass is 730 g/mol. The molecule has 0 spiro atoms. The summed E-state index contributed by atoms with van der Waals surface area (Å²) in [4.78, 5) is 2.54.